The van der Waals surface area contributed by atoms with Crippen molar-refractivity contribution in [2.75, 3.05) is 35.6 Å². The van der Waals surface area contributed by atoms with Gasteiger partial charge in [-0.15, -0.1) is 0 Å². The van der Waals surface area contributed by atoms with Crippen molar-refractivity contribution in [3.63, 3.8) is 0 Å². The van der Waals surface area contributed by atoms with Crippen molar-refractivity contribution in [2.45, 2.75) is 85.3 Å². The van der Waals surface area contributed by atoms with Crippen LogP contribution in [0.5, 0.6) is 5.75 Å². The average molecular weight is 856 g/mol. The minimum atomic E-state index is -1.07. The van der Waals surface area contributed by atoms with E-state index >= 15 is 0 Å². The van der Waals surface area contributed by atoms with Gasteiger partial charge in [0, 0.05) is 84.8 Å². The number of fused-ring (bicyclic) bond motifs is 2. The second kappa shape index (κ2) is 18.3. The number of hydrogen-bond acceptors (Lipinski definition) is 11. The molecule has 2 amide bonds. The molecule has 4 heterocycles. The van der Waals surface area contributed by atoms with Gasteiger partial charge in [0.25, 0.3) is 5.91 Å². The minimum Gasteiger partial charge on any atom is -0.426 e. The number of nitrogens with zero attached hydrogens (tertiary/aromatic N) is 6. The lowest BCUT2D eigenvalue weighted by molar-refractivity contribution is -0.136. The van der Waals surface area contributed by atoms with Crippen molar-refractivity contribution in [3.8, 4) is 17.0 Å². The summed E-state index contributed by atoms with van der Waals surface area (Å²) >= 11 is 0. The van der Waals surface area contributed by atoms with E-state index in [1.807, 2.05) is 76.2 Å². The fourth-order valence-corrected chi connectivity index (χ4v) is 8.52. The molecule has 0 radical (unpaired) electrons. The number of aliphatic hydroxyl groups is 1. The summed E-state index contributed by atoms with van der Waals surface area (Å²) in [5, 5.41) is 27.1. The first-order chi connectivity index (χ1) is 30.0. The molecule has 15 heteroatoms. The molecule has 0 unspecified atom stereocenters. The van der Waals surface area contributed by atoms with Crippen LogP contribution in [0.1, 0.15) is 81.2 Å². The van der Waals surface area contributed by atoms with Crippen LogP contribution in [0, 0.1) is 19.8 Å². The number of aliphatic hydroxyl groups excluding tert-OH is 1. The van der Waals surface area contributed by atoms with E-state index in [0.717, 1.165) is 49.8 Å². The lowest BCUT2D eigenvalue weighted by Crippen LogP contribution is -2.49. The third-order valence-corrected chi connectivity index (χ3v) is 11.6. The molecule has 0 spiro atoms. The predicted molar refractivity (Wildman–Crippen MR) is 242 cm³/mol. The van der Waals surface area contributed by atoms with E-state index in [4.69, 9.17) is 19.7 Å². The molecule has 3 aromatic heterocycles. The van der Waals surface area contributed by atoms with Gasteiger partial charge in [0.2, 0.25) is 17.8 Å². The number of benzene rings is 3. The summed E-state index contributed by atoms with van der Waals surface area (Å²) in [5.41, 5.74) is 6.69. The van der Waals surface area contributed by atoms with Crippen LogP contribution in [0.3, 0.4) is 0 Å². The number of aryl methyl sites for hydroxylation is 2. The maximum Gasteiger partial charge on any atom is 0.308 e. The van der Waals surface area contributed by atoms with Crippen LogP contribution < -0.4 is 20.7 Å². The van der Waals surface area contributed by atoms with E-state index in [2.05, 4.69) is 41.5 Å². The third-order valence-electron chi connectivity index (χ3n) is 11.6. The zero-order chi connectivity index (χ0) is 45.2. The van der Waals surface area contributed by atoms with Gasteiger partial charge >= 0.3 is 5.97 Å². The van der Waals surface area contributed by atoms with Crippen LogP contribution in [-0.2, 0) is 26.3 Å². The molecule has 14 nitrogen and oxygen atoms in total. The molecule has 1 fully saturated rings. The molecule has 4 N–H and O–H groups in total. The third kappa shape index (κ3) is 9.83. The largest absolute Gasteiger partial charge is 0.426 e. The number of anilines is 3. The lowest BCUT2D eigenvalue weighted by atomic mass is 9.77. The number of ether oxygens (including phenoxy) is 1. The molecule has 6 aromatic rings. The number of rotatable bonds is 14. The van der Waals surface area contributed by atoms with Gasteiger partial charge < -0.3 is 30.7 Å². The standard InChI is InChI=1S/C48H54FN9O5/c1-27(2)38-25-53-58-44(38)55-46(51-24-34-16-18-57(26-39(34)60)41(61)22-48(7,8)42-29(4)19-28(3)20-40(42)63-31(6)59)56-47(58)52-23-33-11-9-10-12-36(33)43-37-14-13-35(54-45(62)30(5)49)21-32(37)15-17-50-43/h9-15,17,19-21,25,27,34,39,60H,5,16,18,22-24,26H2,1-4,6-8H3,(H,54,62)(H2,51,52,55,56)/t34-,39+/m1/s1. The smallest absolute Gasteiger partial charge is 0.308 e. The summed E-state index contributed by atoms with van der Waals surface area (Å²) in [6.07, 6.45) is 3.46. The Kier molecular flexibility index (Phi) is 12.9. The zero-order valence-corrected chi connectivity index (χ0v) is 36.8. The summed E-state index contributed by atoms with van der Waals surface area (Å²) in [5.74, 6) is -1.19. The van der Waals surface area contributed by atoms with E-state index in [0.29, 0.717) is 55.0 Å². The monoisotopic (exact) mass is 855 g/mol. The van der Waals surface area contributed by atoms with Gasteiger partial charge in [-0.1, -0.05) is 70.7 Å². The van der Waals surface area contributed by atoms with Gasteiger partial charge in [0.15, 0.2) is 11.5 Å². The highest BCUT2D eigenvalue weighted by Crippen LogP contribution is 2.39. The van der Waals surface area contributed by atoms with Crippen LogP contribution in [-0.4, -0.2) is 78.1 Å². The van der Waals surface area contributed by atoms with Crippen LogP contribution >= 0.6 is 0 Å². The number of likely N-dealkylation sites (tertiary alicyclic amines) is 1. The number of carbonyl (C=O) groups excluding carboxylic acids is 3. The van der Waals surface area contributed by atoms with Crippen molar-refractivity contribution in [1.29, 1.82) is 0 Å². The number of pyridine rings is 1. The normalized spacial score (nSPS) is 15.4. The van der Waals surface area contributed by atoms with Gasteiger partial charge in [0.05, 0.1) is 18.0 Å². The number of aromatic nitrogens is 5. The zero-order valence-electron chi connectivity index (χ0n) is 36.8. The predicted octanol–water partition coefficient (Wildman–Crippen LogP) is 8.03. The highest BCUT2D eigenvalue weighted by molar-refractivity contribution is 6.04. The number of β-amino-alcohol motifs (C(OH)–C–C–N with tert-alkyl or cyclic N) is 1. The van der Waals surface area contributed by atoms with Gasteiger partial charge in [-0.2, -0.15) is 19.6 Å². The first-order valence-electron chi connectivity index (χ1n) is 21.1. The van der Waals surface area contributed by atoms with Gasteiger partial charge in [-0.3, -0.25) is 19.4 Å². The molecule has 0 aliphatic carbocycles. The molecule has 0 bridgehead atoms. The first kappa shape index (κ1) is 44.3. The van der Waals surface area contributed by atoms with Crippen molar-refractivity contribution in [2.24, 2.45) is 5.92 Å². The van der Waals surface area contributed by atoms with Crippen molar-refractivity contribution in [1.82, 2.24) is 29.5 Å². The second-order valence-corrected chi connectivity index (χ2v) is 17.3. The molecule has 1 saturated heterocycles. The topological polar surface area (TPSA) is 176 Å². The SMILES string of the molecule is C=C(F)C(=O)Nc1ccc2c(-c3ccccc3CNc3nc(NC[C@H]4CCN(C(=O)CC(C)(C)c5c(C)cc(C)cc5OC(C)=O)C[C@@H]4O)nc4c(C(C)C)cnn34)nccc2c1. The van der Waals surface area contributed by atoms with Gasteiger partial charge in [-0.25, -0.2) is 4.39 Å². The molecule has 1 aliphatic heterocycles. The van der Waals surface area contributed by atoms with Crippen LogP contribution in [0.4, 0.5) is 22.0 Å². The molecule has 3 aromatic carbocycles. The maximum atomic E-state index is 13.8. The lowest BCUT2D eigenvalue weighted by Gasteiger charge is -2.38. The number of nitrogens with one attached hydrogen (secondary N) is 3. The van der Waals surface area contributed by atoms with E-state index in [1.165, 1.54) is 6.92 Å². The summed E-state index contributed by atoms with van der Waals surface area (Å²) in [4.78, 5) is 53.8. The Hall–Kier alpha value is -6.74. The first-order valence-corrected chi connectivity index (χ1v) is 21.1. The van der Waals surface area contributed by atoms with E-state index < -0.39 is 29.2 Å². The Balaban J connectivity index is 1.05. The molecule has 328 valence electrons. The number of piperidine rings is 1. The second-order valence-electron chi connectivity index (χ2n) is 17.3. The van der Waals surface area contributed by atoms with Crippen molar-refractivity contribution in [3.05, 3.63) is 113 Å². The maximum absolute atomic E-state index is 13.8. The average Bonchev–Trinajstić information content (AvgIpc) is 3.66. The fourth-order valence-electron chi connectivity index (χ4n) is 8.52. The minimum absolute atomic E-state index is 0.0790. The number of amides is 2. The Morgan fingerprint density at radius 3 is 2.56 bits per heavy atom. The van der Waals surface area contributed by atoms with E-state index in [1.54, 1.807) is 33.9 Å². The Morgan fingerprint density at radius 2 is 1.83 bits per heavy atom. The highest BCUT2D eigenvalue weighted by atomic mass is 19.1. The molecule has 0 saturated carbocycles. The molecular formula is C48H54FN9O5. The van der Waals surface area contributed by atoms with Crippen LogP contribution in [0.2, 0.25) is 0 Å². The quantitative estimate of drug-likeness (QED) is 0.0474. The molecule has 1 aliphatic rings. The fraction of sp³-hybridized carbons (Fsp3) is 0.354. The summed E-state index contributed by atoms with van der Waals surface area (Å²) in [6.45, 7) is 17.9. The summed E-state index contributed by atoms with van der Waals surface area (Å²) in [6, 6.07) is 18.9. The molecular weight excluding hydrogens is 802 g/mol. The van der Waals surface area contributed by atoms with Crippen LogP contribution in [0.25, 0.3) is 27.7 Å². The van der Waals surface area contributed by atoms with Crippen LogP contribution in [0.15, 0.2) is 85.5 Å². The number of halogens is 1. The van der Waals surface area contributed by atoms with Gasteiger partial charge in [-0.05, 0) is 72.5 Å². The summed E-state index contributed by atoms with van der Waals surface area (Å²) in [7, 11) is 0. The Labute approximate surface area is 366 Å². The molecule has 63 heavy (non-hydrogen) atoms. The Morgan fingerprint density at radius 1 is 1.05 bits per heavy atom. The highest BCUT2D eigenvalue weighted by Gasteiger charge is 2.35. The number of hydrogen-bond donors (Lipinski definition) is 4. The molecule has 2 atom stereocenters. The number of carbonyl (C=O) groups is 3. The Bertz CT molecular complexity index is 2730. The summed E-state index contributed by atoms with van der Waals surface area (Å²) < 4.78 is 20.7. The number of esters is 1. The van der Waals surface area contributed by atoms with Crippen molar-refractivity contribution >= 4 is 51.8 Å². The van der Waals surface area contributed by atoms with E-state index in [9.17, 15) is 23.9 Å². The molecule has 7 rings (SSSR count). The van der Waals surface area contributed by atoms with E-state index in [-0.39, 0.29) is 30.7 Å². The van der Waals surface area contributed by atoms with Gasteiger partial charge in [0.1, 0.15) is 5.75 Å². The van der Waals surface area contributed by atoms with Crippen molar-refractivity contribution < 1.29 is 28.6 Å².